The highest BCUT2D eigenvalue weighted by Gasteiger charge is 2.28. The molecule has 0 unspecified atom stereocenters. The van der Waals surface area contributed by atoms with Gasteiger partial charge >= 0.3 is 12.1 Å². The number of carbonyl (C=O) groups excluding carboxylic acids is 2. The third-order valence-corrected chi connectivity index (χ3v) is 7.49. The van der Waals surface area contributed by atoms with Gasteiger partial charge in [0.1, 0.15) is 11.6 Å². The summed E-state index contributed by atoms with van der Waals surface area (Å²) in [6, 6.07) is 12.4. The number of nitrogens with zero attached hydrogens (tertiary/aromatic N) is 6. The zero-order valence-electron chi connectivity index (χ0n) is 23.1. The number of piperidine rings is 1. The van der Waals surface area contributed by atoms with Crippen LogP contribution in [0.3, 0.4) is 0 Å². The number of carbonyl (C=O) groups is 2. The fraction of sp³-hybridized carbons (Fsp3) is 0.345. The van der Waals surface area contributed by atoms with Crippen molar-refractivity contribution in [1.82, 2.24) is 24.6 Å². The third-order valence-electron chi connectivity index (χ3n) is 7.49. The number of urea groups is 1. The number of hydrogen-bond donors (Lipinski definition) is 2. The van der Waals surface area contributed by atoms with Crippen LogP contribution in [0.1, 0.15) is 18.9 Å². The van der Waals surface area contributed by atoms with Crippen LogP contribution < -0.4 is 15.5 Å². The molecule has 4 aromatic rings. The molecular formula is C29H31FN8O4. The minimum Gasteiger partial charge on any atom is -0.453 e. The predicted octanol–water partition coefficient (Wildman–Crippen LogP) is 4.52. The highest BCUT2D eigenvalue weighted by atomic mass is 19.1. The van der Waals surface area contributed by atoms with Crippen molar-refractivity contribution < 1.29 is 23.5 Å². The van der Waals surface area contributed by atoms with Gasteiger partial charge in [-0.2, -0.15) is 5.10 Å². The molecule has 218 valence electrons. The van der Waals surface area contributed by atoms with Crippen molar-refractivity contribution in [3.63, 3.8) is 0 Å². The number of anilines is 3. The van der Waals surface area contributed by atoms with E-state index in [1.165, 1.54) is 31.4 Å². The summed E-state index contributed by atoms with van der Waals surface area (Å²) in [5, 5.41) is 11.1. The molecule has 2 aliphatic rings. The van der Waals surface area contributed by atoms with Crippen LogP contribution >= 0.6 is 0 Å². The van der Waals surface area contributed by atoms with E-state index in [2.05, 4.69) is 15.5 Å². The van der Waals surface area contributed by atoms with Crippen molar-refractivity contribution >= 4 is 40.4 Å². The van der Waals surface area contributed by atoms with Crippen LogP contribution in [-0.4, -0.2) is 83.3 Å². The maximum absolute atomic E-state index is 13.1. The van der Waals surface area contributed by atoms with Crippen LogP contribution in [0, 0.1) is 5.82 Å². The van der Waals surface area contributed by atoms with E-state index in [-0.39, 0.29) is 18.0 Å². The zero-order chi connectivity index (χ0) is 29.1. The smallest absolute Gasteiger partial charge is 0.409 e. The van der Waals surface area contributed by atoms with Crippen molar-refractivity contribution in [1.29, 1.82) is 0 Å². The molecule has 2 N–H and O–H groups in total. The Morgan fingerprint density at radius 2 is 1.57 bits per heavy atom. The lowest BCUT2D eigenvalue weighted by molar-refractivity contribution is 0.106. The number of amides is 3. The SMILES string of the molecule is COC(=O)N1CCC(n2ncc3c(N4CCOCC4)nc(-c4ccc(NC(=O)Nc5ccc(F)cc5)cc4)nc32)CC1. The van der Waals surface area contributed by atoms with Crippen LogP contribution in [0.4, 0.5) is 31.2 Å². The fourth-order valence-corrected chi connectivity index (χ4v) is 5.27. The third kappa shape index (κ3) is 5.81. The number of hydrogen-bond acceptors (Lipinski definition) is 8. The minimum atomic E-state index is -0.441. The van der Waals surface area contributed by atoms with E-state index in [0.29, 0.717) is 56.6 Å². The molecule has 42 heavy (non-hydrogen) atoms. The summed E-state index contributed by atoms with van der Waals surface area (Å²) in [5.41, 5.74) is 2.58. The normalized spacial score (nSPS) is 16.0. The second-order valence-electron chi connectivity index (χ2n) is 10.1. The molecule has 2 aromatic heterocycles. The monoisotopic (exact) mass is 574 g/mol. The molecule has 3 amide bonds. The summed E-state index contributed by atoms with van der Waals surface area (Å²) < 4.78 is 25.6. The van der Waals surface area contributed by atoms with E-state index < -0.39 is 6.03 Å². The number of morpholine rings is 1. The highest BCUT2D eigenvalue weighted by molar-refractivity contribution is 5.99. The number of likely N-dealkylation sites (tertiary alicyclic amines) is 1. The molecule has 4 heterocycles. The first kappa shape index (κ1) is 27.4. The Bertz CT molecular complexity index is 1560. The van der Waals surface area contributed by atoms with E-state index in [0.717, 1.165) is 35.3 Å². The summed E-state index contributed by atoms with van der Waals surface area (Å²) in [7, 11) is 1.40. The molecular weight excluding hydrogens is 543 g/mol. The van der Waals surface area contributed by atoms with E-state index >= 15 is 0 Å². The molecule has 2 aromatic carbocycles. The van der Waals surface area contributed by atoms with Gasteiger partial charge in [-0.05, 0) is 61.4 Å². The van der Waals surface area contributed by atoms with Gasteiger partial charge in [0, 0.05) is 43.1 Å². The average Bonchev–Trinajstić information content (AvgIpc) is 3.46. The molecule has 0 saturated carbocycles. The molecule has 0 aliphatic carbocycles. The Kier molecular flexibility index (Phi) is 7.82. The fourth-order valence-electron chi connectivity index (χ4n) is 5.27. The summed E-state index contributed by atoms with van der Waals surface area (Å²) >= 11 is 0. The van der Waals surface area contributed by atoms with Crippen molar-refractivity contribution in [3.8, 4) is 11.4 Å². The van der Waals surface area contributed by atoms with Crippen molar-refractivity contribution in [2.75, 3.05) is 62.0 Å². The lowest BCUT2D eigenvalue weighted by Crippen LogP contribution is -2.39. The molecule has 2 aliphatic heterocycles. The first-order valence-electron chi connectivity index (χ1n) is 13.8. The van der Waals surface area contributed by atoms with Crippen LogP contribution in [0.5, 0.6) is 0 Å². The maximum atomic E-state index is 13.1. The van der Waals surface area contributed by atoms with Gasteiger partial charge in [-0.15, -0.1) is 0 Å². The summed E-state index contributed by atoms with van der Waals surface area (Å²) in [5.74, 6) is 0.971. The number of methoxy groups -OCH3 is 1. The first-order valence-corrected chi connectivity index (χ1v) is 13.8. The topological polar surface area (TPSA) is 127 Å². The van der Waals surface area contributed by atoms with Crippen molar-refractivity contribution in [3.05, 3.63) is 60.5 Å². The zero-order valence-corrected chi connectivity index (χ0v) is 23.1. The van der Waals surface area contributed by atoms with E-state index in [4.69, 9.17) is 24.5 Å². The number of ether oxygens (including phenoxy) is 2. The molecule has 12 nitrogen and oxygen atoms in total. The first-order chi connectivity index (χ1) is 20.5. The molecule has 6 rings (SSSR count). The summed E-state index contributed by atoms with van der Waals surface area (Å²) in [6.45, 7) is 3.80. The maximum Gasteiger partial charge on any atom is 0.409 e. The van der Waals surface area contributed by atoms with Crippen LogP contribution in [0.15, 0.2) is 54.7 Å². The average molecular weight is 575 g/mol. The lowest BCUT2D eigenvalue weighted by Gasteiger charge is -2.31. The molecule has 0 radical (unpaired) electrons. The molecule has 0 bridgehead atoms. The Balaban J connectivity index is 1.26. The van der Waals surface area contributed by atoms with Gasteiger partial charge in [-0.1, -0.05) is 0 Å². The predicted molar refractivity (Wildman–Crippen MR) is 155 cm³/mol. The molecule has 0 atom stereocenters. The van der Waals surface area contributed by atoms with Crippen molar-refractivity contribution in [2.45, 2.75) is 18.9 Å². The van der Waals surface area contributed by atoms with Crippen molar-refractivity contribution in [2.24, 2.45) is 0 Å². The van der Waals surface area contributed by atoms with Gasteiger partial charge < -0.3 is 29.9 Å². The number of halogens is 1. The molecule has 13 heteroatoms. The van der Waals surface area contributed by atoms with Gasteiger partial charge in [0.15, 0.2) is 11.5 Å². The second-order valence-corrected chi connectivity index (χ2v) is 10.1. The second kappa shape index (κ2) is 12.0. The Labute approximate surface area is 241 Å². The van der Waals surface area contributed by atoms with Crippen LogP contribution in [-0.2, 0) is 9.47 Å². The summed E-state index contributed by atoms with van der Waals surface area (Å²) in [4.78, 5) is 38.2. The van der Waals surface area contributed by atoms with Gasteiger partial charge in [-0.25, -0.2) is 28.6 Å². The van der Waals surface area contributed by atoms with Crippen LogP contribution in [0.25, 0.3) is 22.4 Å². The van der Waals surface area contributed by atoms with Gasteiger partial charge in [0.25, 0.3) is 0 Å². The standard InChI is InChI=1S/C29H31FN8O4/c1-41-29(40)37-12-10-23(11-13-37)38-27-24(18-31-38)26(36-14-16-42-17-15-36)34-25(35-27)19-2-6-21(7-3-19)32-28(39)33-22-8-4-20(30)5-9-22/h2-9,18,23H,10-17H2,1H3,(H2,32,33,39). The largest absolute Gasteiger partial charge is 0.453 e. The van der Waals surface area contributed by atoms with E-state index in [1.807, 2.05) is 23.0 Å². The highest BCUT2D eigenvalue weighted by Crippen LogP contribution is 2.32. The minimum absolute atomic E-state index is 0.0786. The molecule has 0 spiro atoms. The van der Waals surface area contributed by atoms with Gasteiger partial charge in [-0.3, -0.25) is 0 Å². The lowest BCUT2D eigenvalue weighted by atomic mass is 10.1. The van der Waals surface area contributed by atoms with Gasteiger partial charge in [0.05, 0.1) is 37.9 Å². The van der Waals surface area contributed by atoms with Crippen LogP contribution in [0.2, 0.25) is 0 Å². The number of fused-ring (bicyclic) bond motifs is 1. The van der Waals surface area contributed by atoms with Gasteiger partial charge in [0.2, 0.25) is 0 Å². The molecule has 2 fully saturated rings. The number of nitrogens with one attached hydrogen (secondary N) is 2. The Morgan fingerprint density at radius 1 is 0.929 bits per heavy atom. The summed E-state index contributed by atoms with van der Waals surface area (Å²) in [6.07, 6.45) is 2.98. The number of aromatic nitrogens is 4. The number of benzene rings is 2. The Hall–Kier alpha value is -4.78. The molecule has 2 saturated heterocycles. The quantitative estimate of drug-likeness (QED) is 0.356. The number of rotatable bonds is 5. The van der Waals surface area contributed by atoms with E-state index in [9.17, 15) is 14.0 Å². The Morgan fingerprint density at radius 3 is 2.21 bits per heavy atom. The van der Waals surface area contributed by atoms with E-state index in [1.54, 1.807) is 17.0 Å².